The first-order chi connectivity index (χ1) is 5.00. The second kappa shape index (κ2) is 8.72. The minimum absolute atomic E-state index is 0. The van der Waals surface area contributed by atoms with Crippen LogP contribution in [0.1, 0.15) is 38.5 Å². The molecule has 0 aromatic carbocycles. The van der Waals surface area contributed by atoms with Crippen LogP contribution in [0.5, 0.6) is 0 Å². The number of nitrogens with two attached hydrogens (primary N) is 1. The monoisotopic (exact) mass is 220 g/mol. The van der Waals surface area contributed by atoms with Crippen LogP contribution >= 0.6 is 0 Å². The van der Waals surface area contributed by atoms with Crippen molar-refractivity contribution in [3.8, 4) is 0 Å². The summed E-state index contributed by atoms with van der Waals surface area (Å²) in [5.41, 5.74) is 0. The Labute approximate surface area is 104 Å². The van der Waals surface area contributed by atoms with Crippen molar-refractivity contribution in [2.24, 2.45) is 5.14 Å². The first kappa shape index (κ1) is 15.6. The van der Waals surface area contributed by atoms with Crippen LogP contribution in [-0.4, -0.2) is 50.7 Å². The molecule has 0 radical (unpaired) electrons. The van der Waals surface area contributed by atoms with E-state index in [1.54, 1.807) is 0 Å². The van der Waals surface area contributed by atoms with E-state index in [1.165, 1.54) is 38.5 Å². The van der Waals surface area contributed by atoms with Gasteiger partial charge >= 0.3 is 37.7 Å². The van der Waals surface area contributed by atoms with E-state index < -0.39 is 10.3 Å². The summed E-state index contributed by atoms with van der Waals surface area (Å²) >= 11 is 0. The summed E-state index contributed by atoms with van der Waals surface area (Å²) in [4.78, 5) is 0. The molecule has 68 valence electrons. The van der Waals surface area contributed by atoms with Crippen molar-refractivity contribution in [3.63, 3.8) is 0 Å². The van der Waals surface area contributed by atoms with E-state index in [1.807, 2.05) is 0 Å². The largest absolute Gasteiger partial charge is 2.00 e. The van der Waals surface area contributed by atoms with Crippen LogP contribution in [0.3, 0.4) is 0 Å². The molecular weight excluding hydrogens is 206 g/mol. The molecule has 12 heavy (non-hydrogen) atoms. The van der Waals surface area contributed by atoms with Crippen molar-refractivity contribution in [1.29, 1.82) is 0 Å². The Hall–Kier alpha value is 1.13. The fourth-order valence-electron chi connectivity index (χ4n) is 1.06. The second-order valence-electron chi connectivity index (χ2n) is 2.61. The molecule has 0 bridgehead atoms. The molecule has 1 rings (SSSR count). The van der Waals surface area contributed by atoms with Crippen LogP contribution in [-0.2, 0) is 10.3 Å². The van der Waals surface area contributed by atoms with Crippen LogP contribution in [0.15, 0.2) is 0 Å². The maximum atomic E-state index is 8.85. The van der Waals surface area contributed by atoms with Crippen LogP contribution < -0.4 is 5.14 Å². The molecule has 1 saturated carbocycles. The summed E-state index contributed by atoms with van der Waals surface area (Å²) in [6.45, 7) is 0. The van der Waals surface area contributed by atoms with Gasteiger partial charge in [-0.1, -0.05) is 38.5 Å². The molecule has 0 aliphatic heterocycles. The summed E-state index contributed by atoms with van der Waals surface area (Å²) in [6, 6.07) is 0. The molecule has 2 N–H and O–H groups in total. The minimum atomic E-state index is -4.42. The zero-order chi connectivity index (χ0) is 8.74. The molecule has 1 aliphatic carbocycles. The van der Waals surface area contributed by atoms with Gasteiger partial charge < -0.3 is 4.55 Å². The molecule has 0 aromatic heterocycles. The third-order valence-corrected chi connectivity index (χ3v) is 1.50. The van der Waals surface area contributed by atoms with Gasteiger partial charge in [-0.3, -0.25) is 0 Å². The standard InChI is InChI=1S/C6H12.Ca.H3NO3S/c1-2-4-6-5-3-1;;1-5(2,3)4/h1-6H2;;(H3,1,2,3,4)/q;+2;/p-1. The van der Waals surface area contributed by atoms with E-state index >= 15 is 0 Å². The number of hydrogen-bond donors (Lipinski definition) is 1. The van der Waals surface area contributed by atoms with Gasteiger partial charge in [-0.15, -0.1) is 0 Å². The number of rotatable bonds is 0. The fraction of sp³-hybridized carbons (Fsp3) is 1.00. The second-order valence-corrected chi connectivity index (χ2v) is 3.60. The average Bonchev–Trinajstić information content (AvgIpc) is 1.88. The Morgan fingerprint density at radius 2 is 1.00 bits per heavy atom. The van der Waals surface area contributed by atoms with Gasteiger partial charge in [0.1, 0.15) is 0 Å². The third kappa shape index (κ3) is 22.5. The average molecular weight is 220 g/mol. The van der Waals surface area contributed by atoms with Crippen molar-refractivity contribution in [1.82, 2.24) is 0 Å². The molecule has 4 nitrogen and oxygen atoms in total. The van der Waals surface area contributed by atoms with Gasteiger partial charge in [0.15, 0.2) is 10.3 Å². The quantitative estimate of drug-likeness (QED) is 0.473. The molecule has 0 unspecified atom stereocenters. The Balaban J connectivity index is 0. The molecule has 0 atom stereocenters. The van der Waals surface area contributed by atoms with Gasteiger partial charge in [0.25, 0.3) is 0 Å². The Kier molecular flexibility index (Phi) is 11.3. The van der Waals surface area contributed by atoms with Gasteiger partial charge in [0.2, 0.25) is 0 Å². The van der Waals surface area contributed by atoms with E-state index in [9.17, 15) is 0 Å². The van der Waals surface area contributed by atoms with E-state index in [-0.39, 0.29) is 37.7 Å². The maximum Gasteiger partial charge on any atom is 2.00 e. The number of hydrogen-bond acceptors (Lipinski definition) is 3. The predicted molar refractivity (Wildman–Crippen MR) is 47.3 cm³/mol. The molecule has 0 spiro atoms. The van der Waals surface area contributed by atoms with Crippen molar-refractivity contribution in [2.75, 3.05) is 0 Å². The van der Waals surface area contributed by atoms with E-state index in [0.29, 0.717) is 0 Å². The fourth-order valence-corrected chi connectivity index (χ4v) is 1.06. The van der Waals surface area contributed by atoms with Gasteiger partial charge in [-0.05, 0) is 0 Å². The third-order valence-electron chi connectivity index (χ3n) is 1.50. The van der Waals surface area contributed by atoms with Crippen molar-refractivity contribution in [2.45, 2.75) is 38.5 Å². The molecule has 0 saturated heterocycles. The first-order valence-corrected chi connectivity index (χ1v) is 5.21. The van der Waals surface area contributed by atoms with E-state index in [0.717, 1.165) is 0 Å². The first-order valence-electron chi connectivity index (χ1n) is 3.74. The zero-order valence-corrected chi connectivity index (χ0v) is 10.2. The maximum absolute atomic E-state index is 8.85. The molecule has 0 amide bonds. The summed E-state index contributed by atoms with van der Waals surface area (Å²) in [6.07, 6.45) is 9.00. The van der Waals surface area contributed by atoms with Crippen LogP contribution in [0.2, 0.25) is 0 Å². The molecule has 0 heterocycles. The topological polar surface area (TPSA) is 83.2 Å². The molecule has 1 aliphatic rings. The van der Waals surface area contributed by atoms with E-state index in [4.69, 9.17) is 13.0 Å². The summed E-state index contributed by atoms with van der Waals surface area (Å²) < 4.78 is 26.6. The predicted octanol–water partition coefficient (Wildman–Crippen LogP) is 0.365. The van der Waals surface area contributed by atoms with Gasteiger partial charge in [0.05, 0.1) is 0 Å². The Bertz CT molecular complexity index is 158. The van der Waals surface area contributed by atoms with Gasteiger partial charge in [-0.25, -0.2) is 13.6 Å². The van der Waals surface area contributed by atoms with Crippen LogP contribution in [0.25, 0.3) is 0 Å². The SMILES string of the molecule is C1CCCCC1.NS(=O)(=O)[O-].[Ca+2]. The molecule has 1 fully saturated rings. The van der Waals surface area contributed by atoms with Gasteiger partial charge in [0, 0.05) is 0 Å². The summed E-state index contributed by atoms with van der Waals surface area (Å²) in [7, 11) is -4.42. The van der Waals surface area contributed by atoms with Crippen molar-refractivity contribution < 1.29 is 13.0 Å². The van der Waals surface area contributed by atoms with Crippen LogP contribution in [0.4, 0.5) is 0 Å². The Morgan fingerprint density at radius 3 is 1.08 bits per heavy atom. The van der Waals surface area contributed by atoms with E-state index in [2.05, 4.69) is 5.14 Å². The summed E-state index contributed by atoms with van der Waals surface area (Å²) in [5, 5.41) is 3.77. The van der Waals surface area contributed by atoms with Crippen LogP contribution in [0, 0.1) is 0 Å². The summed E-state index contributed by atoms with van der Waals surface area (Å²) in [5.74, 6) is 0. The van der Waals surface area contributed by atoms with Gasteiger partial charge in [-0.2, -0.15) is 0 Å². The molecular formula is C6H14CaNO3S+. The normalized spacial score (nSPS) is 16.8. The van der Waals surface area contributed by atoms with Crippen molar-refractivity contribution in [3.05, 3.63) is 0 Å². The minimum Gasteiger partial charge on any atom is -0.736 e. The smallest absolute Gasteiger partial charge is 0.736 e. The molecule has 6 heteroatoms. The Morgan fingerprint density at radius 1 is 0.917 bits per heavy atom. The molecule has 0 aromatic rings. The zero-order valence-electron chi connectivity index (χ0n) is 7.16. The van der Waals surface area contributed by atoms with Crippen molar-refractivity contribution >= 4 is 48.0 Å².